The lowest BCUT2D eigenvalue weighted by molar-refractivity contribution is -0.141. The Balaban J connectivity index is 1.20. The molecule has 3 aliphatic rings. The van der Waals surface area contributed by atoms with Crippen LogP contribution >= 0.6 is 23.2 Å². The van der Waals surface area contributed by atoms with Crippen LogP contribution in [0.4, 0.5) is 0 Å². The Bertz CT molecular complexity index is 1650. The number of carboxylic acids is 1. The smallest absolute Gasteiger partial charge is 0.331 e. The Hall–Kier alpha value is -3.73. The number of carboxylic acid groups (broad SMARTS) is 1. The van der Waals surface area contributed by atoms with Crippen molar-refractivity contribution in [3.8, 4) is 0 Å². The van der Waals surface area contributed by atoms with Crippen LogP contribution in [-0.2, 0) is 17.8 Å². The molecular weight excluding hydrogens is 569 g/mol. The van der Waals surface area contributed by atoms with Gasteiger partial charge in [0.25, 0.3) is 11.8 Å². The zero-order chi connectivity index (χ0) is 29.3. The fourth-order valence-corrected chi connectivity index (χ4v) is 6.24. The Kier molecular flexibility index (Phi) is 6.48. The highest BCUT2D eigenvalue weighted by atomic mass is 35.5. The Labute approximate surface area is 245 Å². The predicted molar refractivity (Wildman–Crippen MR) is 153 cm³/mol. The van der Waals surface area contributed by atoms with Crippen LogP contribution < -0.4 is 16.9 Å². The number of allylic oxidation sites excluding steroid dienone is 1. The highest BCUT2D eigenvalue weighted by molar-refractivity contribution is 6.40. The first kappa shape index (κ1) is 27.4. The van der Waals surface area contributed by atoms with Gasteiger partial charge in [0.2, 0.25) is 0 Å². The number of hydrazine groups is 1. The van der Waals surface area contributed by atoms with Crippen molar-refractivity contribution in [1.82, 2.24) is 15.2 Å². The summed E-state index contributed by atoms with van der Waals surface area (Å²) < 4.78 is 5.43. The lowest BCUT2D eigenvalue weighted by Gasteiger charge is -2.30. The zero-order valence-electron chi connectivity index (χ0n) is 22.2. The van der Waals surface area contributed by atoms with E-state index >= 15 is 0 Å². The first-order valence-corrected chi connectivity index (χ1v) is 14.0. The quantitative estimate of drug-likeness (QED) is 0.235. The summed E-state index contributed by atoms with van der Waals surface area (Å²) in [4.78, 5) is 40.6. The number of nitrogens with two attached hydrogens (primary N) is 2. The van der Waals surface area contributed by atoms with Gasteiger partial charge in [0, 0.05) is 47.8 Å². The molecule has 0 unspecified atom stereocenters. The standard InChI is InChI=1S/C29H29Cl2N5O5/c1-28(6-7-28)21(32)14-36(33)22-12-29(22,27(39)40)34-25(37)23-19(30)10-17-13-35(8-4-18(17)24(23)31)26(38)16-3-2-15-5-9-41-20(15)11-16/h2-3,5,9-11,14,22H,4,6-8,12-13,32-33H2,1H3,(H,34,37)(H,39,40)/b21-14-/t22-,29-/m1/s1. The molecule has 0 radical (unpaired) electrons. The minimum absolute atomic E-state index is 0.00877. The predicted octanol–water partition coefficient (Wildman–Crippen LogP) is 4.04. The summed E-state index contributed by atoms with van der Waals surface area (Å²) >= 11 is 13.3. The average molecular weight is 598 g/mol. The van der Waals surface area contributed by atoms with Crippen molar-refractivity contribution in [2.75, 3.05) is 6.54 Å². The molecule has 2 saturated carbocycles. The normalized spacial score (nSPS) is 22.7. The van der Waals surface area contributed by atoms with Crippen molar-refractivity contribution in [2.45, 2.75) is 50.7 Å². The van der Waals surface area contributed by atoms with E-state index in [4.69, 9.17) is 39.2 Å². The molecule has 214 valence electrons. The van der Waals surface area contributed by atoms with Gasteiger partial charge in [0.15, 0.2) is 5.54 Å². The second-order valence-electron chi connectivity index (χ2n) is 11.4. The van der Waals surface area contributed by atoms with Gasteiger partial charge in [0.1, 0.15) is 5.58 Å². The highest BCUT2D eigenvalue weighted by Gasteiger charge is 2.64. The number of nitrogens with zero attached hydrogens (tertiary/aromatic N) is 2. The summed E-state index contributed by atoms with van der Waals surface area (Å²) in [5.41, 5.74) is 7.52. The van der Waals surface area contributed by atoms with Gasteiger partial charge in [-0.15, -0.1) is 0 Å². The zero-order valence-corrected chi connectivity index (χ0v) is 23.8. The molecule has 2 aliphatic carbocycles. The second-order valence-corrected chi connectivity index (χ2v) is 12.2. The monoisotopic (exact) mass is 597 g/mol. The number of amides is 2. The fraction of sp³-hybridized carbons (Fsp3) is 0.345. The number of aliphatic carboxylic acids is 1. The molecule has 2 aromatic carbocycles. The topological polar surface area (TPSA) is 155 Å². The van der Waals surface area contributed by atoms with E-state index in [1.807, 2.05) is 19.1 Å². The summed E-state index contributed by atoms with van der Waals surface area (Å²) in [7, 11) is 0. The number of benzene rings is 2. The van der Waals surface area contributed by atoms with E-state index in [0.29, 0.717) is 35.4 Å². The van der Waals surface area contributed by atoms with Crippen molar-refractivity contribution in [3.05, 3.63) is 80.8 Å². The van der Waals surface area contributed by atoms with Crippen LogP contribution in [0.2, 0.25) is 10.0 Å². The van der Waals surface area contributed by atoms with E-state index in [1.165, 1.54) is 5.01 Å². The van der Waals surface area contributed by atoms with Gasteiger partial charge in [-0.2, -0.15) is 0 Å². The van der Waals surface area contributed by atoms with E-state index in [-0.39, 0.29) is 39.9 Å². The molecule has 12 heteroatoms. The third-order valence-electron chi connectivity index (χ3n) is 8.61. The van der Waals surface area contributed by atoms with Crippen molar-refractivity contribution >= 4 is 52.0 Å². The SMILES string of the molecule is CC1(/C(N)=C/N(N)[C@@H]2C[C@]2(NC(=O)c2c(Cl)cc3c(c2Cl)CCN(C(=O)c2ccc4ccoc4c2)C3)C(=O)O)CC1. The molecular formula is C29H29Cl2N5O5. The molecule has 2 amide bonds. The van der Waals surface area contributed by atoms with Crippen molar-refractivity contribution in [2.24, 2.45) is 17.0 Å². The molecule has 0 saturated heterocycles. The first-order valence-electron chi connectivity index (χ1n) is 13.3. The number of fused-ring (bicyclic) bond motifs is 2. The number of hydrogen-bond donors (Lipinski definition) is 4. The summed E-state index contributed by atoms with van der Waals surface area (Å²) in [5, 5.41) is 15.0. The highest BCUT2D eigenvalue weighted by Crippen LogP contribution is 2.50. The van der Waals surface area contributed by atoms with Crippen LogP contribution in [0.1, 0.15) is 58.0 Å². The van der Waals surface area contributed by atoms with Gasteiger partial charge < -0.3 is 30.5 Å². The van der Waals surface area contributed by atoms with E-state index in [1.54, 1.807) is 35.6 Å². The Morgan fingerprint density at radius 2 is 1.98 bits per heavy atom. The van der Waals surface area contributed by atoms with Crippen molar-refractivity contribution < 1.29 is 23.9 Å². The molecule has 1 aliphatic heterocycles. The summed E-state index contributed by atoms with van der Waals surface area (Å²) in [6.45, 7) is 2.64. The summed E-state index contributed by atoms with van der Waals surface area (Å²) in [5.74, 6) is 4.06. The number of rotatable bonds is 7. The maximum atomic E-state index is 13.4. The van der Waals surface area contributed by atoms with Crippen molar-refractivity contribution in [1.29, 1.82) is 0 Å². The van der Waals surface area contributed by atoms with Gasteiger partial charge in [-0.3, -0.25) is 9.59 Å². The largest absolute Gasteiger partial charge is 0.479 e. The first-order chi connectivity index (χ1) is 19.4. The van der Waals surface area contributed by atoms with Crippen LogP contribution in [0.15, 0.2) is 52.9 Å². The van der Waals surface area contributed by atoms with Gasteiger partial charge >= 0.3 is 5.97 Å². The molecule has 10 nitrogen and oxygen atoms in total. The number of furan rings is 1. The molecule has 1 aromatic heterocycles. The molecule has 2 atom stereocenters. The lowest BCUT2D eigenvalue weighted by atomic mass is 9.95. The number of carbonyl (C=O) groups is 3. The summed E-state index contributed by atoms with van der Waals surface area (Å²) in [6, 6.07) is 8.04. The van der Waals surface area contributed by atoms with Crippen LogP contribution in [0.25, 0.3) is 11.0 Å². The minimum Gasteiger partial charge on any atom is -0.479 e. The molecule has 41 heavy (non-hydrogen) atoms. The minimum atomic E-state index is -1.62. The molecule has 3 aromatic rings. The lowest BCUT2D eigenvalue weighted by Crippen LogP contribution is -2.50. The van der Waals surface area contributed by atoms with E-state index in [9.17, 15) is 19.5 Å². The molecule has 6 rings (SSSR count). The Morgan fingerprint density at radius 1 is 1.22 bits per heavy atom. The van der Waals surface area contributed by atoms with Crippen LogP contribution in [0.3, 0.4) is 0 Å². The molecule has 0 bridgehead atoms. The van der Waals surface area contributed by atoms with E-state index in [2.05, 4.69) is 5.32 Å². The summed E-state index contributed by atoms with van der Waals surface area (Å²) in [6.07, 6.45) is 5.49. The molecule has 6 N–H and O–H groups in total. The maximum absolute atomic E-state index is 13.4. The Morgan fingerprint density at radius 3 is 2.68 bits per heavy atom. The number of nitrogens with one attached hydrogen (secondary N) is 1. The fourth-order valence-electron chi connectivity index (χ4n) is 5.47. The van der Waals surface area contributed by atoms with Gasteiger partial charge in [-0.05, 0) is 54.7 Å². The van der Waals surface area contributed by atoms with E-state index < -0.39 is 23.5 Å². The molecule has 2 heterocycles. The third-order valence-corrected chi connectivity index (χ3v) is 9.32. The second kappa shape index (κ2) is 9.68. The number of halogens is 2. The van der Waals surface area contributed by atoms with Crippen LogP contribution in [0.5, 0.6) is 0 Å². The average Bonchev–Trinajstić information content (AvgIpc) is 3.81. The van der Waals surface area contributed by atoms with Gasteiger partial charge in [0.05, 0.1) is 27.9 Å². The van der Waals surface area contributed by atoms with E-state index in [0.717, 1.165) is 23.8 Å². The molecule has 0 spiro atoms. The number of carbonyl (C=O) groups excluding carboxylic acids is 2. The number of hydrogen-bond acceptors (Lipinski definition) is 7. The van der Waals surface area contributed by atoms with Crippen molar-refractivity contribution in [3.63, 3.8) is 0 Å². The van der Waals surface area contributed by atoms with Gasteiger partial charge in [-0.25, -0.2) is 10.6 Å². The molecule has 2 fully saturated rings. The third kappa shape index (κ3) is 4.69. The van der Waals surface area contributed by atoms with Crippen LogP contribution in [0, 0.1) is 5.41 Å². The van der Waals surface area contributed by atoms with Crippen LogP contribution in [-0.4, -0.2) is 50.9 Å². The van der Waals surface area contributed by atoms with Gasteiger partial charge in [-0.1, -0.05) is 36.2 Å². The maximum Gasteiger partial charge on any atom is 0.331 e.